The van der Waals surface area contributed by atoms with Crippen molar-refractivity contribution in [1.82, 2.24) is 15.1 Å². The third kappa shape index (κ3) is 4.68. The highest BCUT2D eigenvalue weighted by molar-refractivity contribution is 6.43. The molecule has 0 saturated carbocycles. The van der Waals surface area contributed by atoms with E-state index in [0.717, 1.165) is 0 Å². The molecule has 1 heterocycles. The molecule has 1 unspecified atom stereocenters. The molecule has 0 radical (unpaired) electrons. The number of hydrogen-bond acceptors (Lipinski definition) is 4. The third-order valence-corrected chi connectivity index (χ3v) is 5.75. The molecule has 9 heteroatoms. The van der Waals surface area contributed by atoms with Gasteiger partial charge in [0.2, 0.25) is 5.91 Å². The van der Waals surface area contributed by atoms with Crippen LogP contribution in [0.25, 0.3) is 0 Å². The summed E-state index contributed by atoms with van der Waals surface area (Å²) in [5.74, 6) is -1.10. The number of phenols is 1. The quantitative estimate of drug-likeness (QED) is 0.750. The van der Waals surface area contributed by atoms with E-state index in [9.17, 15) is 19.5 Å². The number of para-hydroxylation sites is 1. The zero-order valence-corrected chi connectivity index (χ0v) is 17.8. The molecule has 7 nitrogen and oxygen atoms in total. The number of piperazine rings is 1. The van der Waals surface area contributed by atoms with E-state index in [1.54, 1.807) is 47.1 Å². The molecule has 0 bridgehead atoms. The summed E-state index contributed by atoms with van der Waals surface area (Å²) in [6, 6.07) is 10.3. The van der Waals surface area contributed by atoms with Gasteiger partial charge < -0.3 is 20.2 Å². The highest BCUT2D eigenvalue weighted by Gasteiger charge is 2.29. The number of carbonyl (C=O) groups excluding carboxylic acids is 3. The molecule has 158 valence electrons. The zero-order valence-electron chi connectivity index (χ0n) is 16.3. The van der Waals surface area contributed by atoms with Crippen LogP contribution in [0.5, 0.6) is 5.75 Å². The van der Waals surface area contributed by atoms with E-state index in [2.05, 4.69) is 5.32 Å². The maximum absolute atomic E-state index is 12.7. The van der Waals surface area contributed by atoms with Crippen molar-refractivity contribution < 1.29 is 19.5 Å². The van der Waals surface area contributed by atoms with Crippen molar-refractivity contribution in [2.24, 2.45) is 0 Å². The largest absolute Gasteiger partial charge is 0.507 e. The van der Waals surface area contributed by atoms with E-state index < -0.39 is 11.9 Å². The van der Waals surface area contributed by atoms with E-state index in [0.29, 0.717) is 26.2 Å². The van der Waals surface area contributed by atoms with Crippen molar-refractivity contribution in [3.05, 3.63) is 63.6 Å². The van der Waals surface area contributed by atoms with Crippen LogP contribution in [-0.4, -0.2) is 64.8 Å². The van der Waals surface area contributed by atoms with Crippen molar-refractivity contribution >= 4 is 40.9 Å². The van der Waals surface area contributed by atoms with E-state index >= 15 is 0 Å². The van der Waals surface area contributed by atoms with Crippen LogP contribution in [0.2, 0.25) is 10.0 Å². The molecule has 2 aromatic rings. The second-order valence-electron chi connectivity index (χ2n) is 6.93. The van der Waals surface area contributed by atoms with Gasteiger partial charge in [0.25, 0.3) is 11.8 Å². The summed E-state index contributed by atoms with van der Waals surface area (Å²) in [6.45, 7) is 2.92. The van der Waals surface area contributed by atoms with Crippen LogP contribution in [0.1, 0.15) is 27.6 Å². The summed E-state index contributed by atoms with van der Waals surface area (Å²) >= 11 is 12.0. The molecule has 0 aromatic heterocycles. The Morgan fingerprint density at radius 3 is 2.20 bits per heavy atom. The fourth-order valence-corrected chi connectivity index (χ4v) is 3.63. The molecule has 2 aromatic carbocycles. The number of benzene rings is 2. The second kappa shape index (κ2) is 9.36. The summed E-state index contributed by atoms with van der Waals surface area (Å²) in [4.78, 5) is 40.9. The Labute approximate surface area is 184 Å². The monoisotopic (exact) mass is 449 g/mol. The summed E-state index contributed by atoms with van der Waals surface area (Å²) in [5, 5.41) is 12.9. The summed E-state index contributed by atoms with van der Waals surface area (Å²) < 4.78 is 0. The van der Waals surface area contributed by atoms with Gasteiger partial charge in [0.1, 0.15) is 11.8 Å². The molecule has 1 aliphatic heterocycles. The molecule has 1 fully saturated rings. The predicted molar refractivity (Wildman–Crippen MR) is 114 cm³/mol. The maximum Gasteiger partial charge on any atom is 0.257 e. The number of aromatic hydroxyl groups is 1. The predicted octanol–water partition coefficient (Wildman–Crippen LogP) is 2.80. The van der Waals surface area contributed by atoms with Gasteiger partial charge >= 0.3 is 0 Å². The Bertz CT molecular complexity index is 974. The Hall–Kier alpha value is -2.77. The van der Waals surface area contributed by atoms with Gasteiger partial charge in [-0.15, -0.1) is 0 Å². The molecular formula is C21H21Cl2N3O4. The standard InChI is InChI=1S/C21H21Cl2N3O4/c1-13(24-19(28)15-6-4-7-16(22)18(15)23)20(29)25-9-11-26(12-10-25)21(30)14-5-2-3-8-17(14)27/h2-8,13,27H,9-12H2,1H3,(H,24,28). The Kier molecular flexibility index (Phi) is 6.84. The molecule has 0 spiro atoms. The van der Waals surface area contributed by atoms with Gasteiger partial charge in [0, 0.05) is 26.2 Å². The average molecular weight is 450 g/mol. The van der Waals surface area contributed by atoms with Gasteiger partial charge in [-0.3, -0.25) is 14.4 Å². The number of carbonyl (C=O) groups is 3. The molecule has 30 heavy (non-hydrogen) atoms. The fraction of sp³-hybridized carbons (Fsp3) is 0.286. The Morgan fingerprint density at radius 2 is 1.53 bits per heavy atom. The van der Waals surface area contributed by atoms with Crippen LogP contribution >= 0.6 is 23.2 Å². The van der Waals surface area contributed by atoms with Crippen molar-refractivity contribution in [2.45, 2.75) is 13.0 Å². The van der Waals surface area contributed by atoms with Crippen LogP contribution in [0.3, 0.4) is 0 Å². The number of nitrogens with one attached hydrogen (secondary N) is 1. The number of amides is 3. The number of nitrogens with zero attached hydrogens (tertiary/aromatic N) is 2. The maximum atomic E-state index is 12.7. The van der Waals surface area contributed by atoms with Gasteiger partial charge in [0.15, 0.2) is 0 Å². The summed E-state index contributed by atoms with van der Waals surface area (Å²) in [5.41, 5.74) is 0.429. The number of phenolic OH excluding ortho intramolecular Hbond substituents is 1. The van der Waals surface area contributed by atoms with Crippen LogP contribution in [0, 0.1) is 0 Å². The van der Waals surface area contributed by atoms with Crippen LogP contribution < -0.4 is 5.32 Å². The highest BCUT2D eigenvalue weighted by Crippen LogP contribution is 2.25. The first-order chi connectivity index (χ1) is 14.3. The normalized spacial score (nSPS) is 14.9. The highest BCUT2D eigenvalue weighted by atomic mass is 35.5. The minimum Gasteiger partial charge on any atom is -0.507 e. The average Bonchev–Trinajstić information content (AvgIpc) is 2.75. The number of halogens is 2. The zero-order chi connectivity index (χ0) is 21.8. The number of rotatable bonds is 4. The molecule has 3 rings (SSSR count). The van der Waals surface area contributed by atoms with E-state index in [1.165, 1.54) is 12.1 Å². The molecule has 2 N–H and O–H groups in total. The van der Waals surface area contributed by atoms with Crippen molar-refractivity contribution in [3.8, 4) is 5.75 Å². The summed E-state index contributed by atoms with van der Waals surface area (Å²) in [7, 11) is 0. The number of hydrogen-bond donors (Lipinski definition) is 2. The van der Waals surface area contributed by atoms with Gasteiger partial charge in [-0.05, 0) is 31.2 Å². The smallest absolute Gasteiger partial charge is 0.257 e. The lowest BCUT2D eigenvalue weighted by molar-refractivity contribution is -0.134. The Balaban J connectivity index is 1.57. The molecule has 0 aliphatic carbocycles. The van der Waals surface area contributed by atoms with Crippen LogP contribution in [-0.2, 0) is 4.79 Å². The molecule has 1 saturated heterocycles. The minimum absolute atomic E-state index is 0.0722. The van der Waals surface area contributed by atoms with Crippen molar-refractivity contribution in [2.75, 3.05) is 26.2 Å². The molecule has 1 atom stereocenters. The van der Waals surface area contributed by atoms with E-state index in [4.69, 9.17) is 23.2 Å². The van der Waals surface area contributed by atoms with Gasteiger partial charge in [-0.1, -0.05) is 41.4 Å². The van der Waals surface area contributed by atoms with Gasteiger partial charge in [-0.25, -0.2) is 0 Å². The first-order valence-corrected chi connectivity index (χ1v) is 10.2. The minimum atomic E-state index is -0.770. The Morgan fingerprint density at radius 1 is 0.933 bits per heavy atom. The van der Waals surface area contributed by atoms with E-state index in [1.807, 2.05) is 0 Å². The SMILES string of the molecule is CC(NC(=O)c1cccc(Cl)c1Cl)C(=O)N1CCN(C(=O)c2ccccc2O)CC1. The van der Waals surface area contributed by atoms with Gasteiger partial charge in [-0.2, -0.15) is 0 Å². The first kappa shape index (κ1) is 21.9. The molecule has 1 aliphatic rings. The molecule has 3 amide bonds. The fourth-order valence-electron chi connectivity index (χ4n) is 3.24. The lowest BCUT2D eigenvalue weighted by Gasteiger charge is -2.36. The van der Waals surface area contributed by atoms with Crippen LogP contribution in [0.15, 0.2) is 42.5 Å². The van der Waals surface area contributed by atoms with Crippen molar-refractivity contribution in [1.29, 1.82) is 0 Å². The first-order valence-electron chi connectivity index (χ1n) is 9.40. The van der Waals surface area contributed by atoms with E-state index in [-0.39, 0.29) is 38.7 Å². The topological polar surface area (TPSA) is 90.0 Å². The third-order valence-electron chi connectivity index (χ3n) is 4.93. The van der Waals surface area contributed by atoms with Crippen molar-refractivity contribution in [3.63, 3.8) is 0 Å². The molecular weight excluding hydrogens is 429 g/mol. The van der Waals surface area contributed by atoms with Gasteiger partial charge in [0.05, 0.1) is 21.2 Å². The van der Waals surface area contributed by atoms with Crippen LogP contribution in [0.4, 0.5) is 0 Å². The lowest BCUT2D eigenvalue weighted by atomic mass is 10.1. The lowest BCUT2D eigenvalue weighted by Crippen LogP contribution is -2.55. The summed E-state index contributed by atoms with van der Waals surface area (Å²) in [6.07, 6.45) is 0. The second-order valence-corrected chi connectivity index (χ2v) is 7.72.